The summed E-state index contributed by atoms with van der Waals surface area (Å²) in [5.41, 5.74) is 14.0. The summed E-state index contributed by atoms with van der Waals surface area (Å²) in [7, 11) is 0. The smallest absolute Gasteiger partial charge is 0.269 e. The standard InChI is InChI=1S/C59H41N5OS/c1-38(2)48-36-66-59-47(48)32-33-60-57(59)39-16-13-18-41(34-39)65-42-19-14-17-40(35-42)61-37-62(54-29-12-11-28-53(54)61)58-55(63-49-24-7-3-20-43(49)44-21-4-8-25-50(44)63)30-15-31-56(58)64-51-26-9-5-22-45(51)46-23-6-10-27-52(46)64/h3-36,38H,1-2H3. The molecule has 0 aliphatic rings. The van der Waals surface area contributed by atoms with Gasteiger partial charge in [0.1, 0.15) is 17.2 Å². The van der Waals surface area contributed by atoms with Crippen molar-refractivity contribution < 1.29 is 9.30 Å². The van der Waals surface area contributed by atoms with E-state index in [1.165, 1.54) is 37.2 Å². The maximum absolute atomic E-state index is 6.70. The summed E-state index contributed by atoms with van der Waals surface area (Å²) in [4.78, 5) is 4.85. The molecule has 13 rings (SSSR count). The first kappa shape index (κ1) is 38.2. The van der Waals surface area contributed by atoms with E-state index >= 15 is 0 Å². The Morgan fingerprint density at radius 3 is 1.67 bits per heavy atom. The lowest BCUT2D eigenvalue weighted by atomic mass is 10.0. The van der Waals surface area contributed by atoms with Gasteiger partial charge in [-0.3, -0.25) is 14.1 Å². The first-order valence-corrected chi connectivity index (χ1v) is 23.3. The SMILES string of the molecule is CC(C)c1csc2c(-c3cccc(Oc4cccc(-n5[c-][n+](-c6c(-n7c8ccccc8c8ccccc87)cccc6-n6c7ccccc7c7ccccc76)c6ccccc65)c4)c3)nccc12. The Kier molecular flexibility index (Phi) is 8.79. The minimum absolute atomic E-state index is 0.442. The van der Waals surface area contributed by atoms with Crippen molar-refractivity contribution in [1.29, 1.82) is 0 Å². The Morgan fingerprint density at radius 1 is 0.530 bits per heavy atom. The molecule has 6 nitrogen and oxygen atoms in total. The number of rotatable bonds is 8. The minimum atomic E-state index is 0.442. The van der Waals surface area contributed by atoms with Crippen molar-refractivity contribution >= 4 is 76.1 Å². The van der Waals surface area contributed by atoms with Crippen LogP contribution in [0.25, 0.3) is 98.7 Å². The van der Waals surface area contributed by atoms with Crippen LogP contribution in [0, 0.1) is 6.33 Å². The molecule has 7 heteroatoms. The van der Waals surface area contributed by atoms with E-state index < -0.39 is 0 Å². The van der Waals surface area contributed by atoms with E-state index in [0.29, 0.717) is 5.92 Å². The fraction of sp³-hybridized carbons (Fsp3) is 0.0508. The molecule has 0 radical (unpaired) electrons. The molecular weight excluding hydrogens is 827 g/mol. The fourth-order valence-corrected chi connectivity index (χ4v) is 11.3. The molecular formula is C59H41N5OS. The molecule has 0 aliphatic heterocycles. The van der Waals surface area contributed by atoms with Crippen LogP contribution in [0.2, 0.25) is 0 Å². The van der Waals surface area contributed by atoms with Crippen LogP contribution < -0.4 is 9.30 Å². The number of pyridine rings is 1. The van der Waals surface area contributed by atoms with E-state index in [4.69, 9.17) is 9.72 Å². The molecule has 0 atom stereocenters. The number of ether oxygens (including phenoxy) is 1. The van der Waals surface area contributed by atoms with E-state index in [1.54, 1.807) is 11.3 Å². The highest BCUT2D eigenvalue weighted by Gasteiger charge is 2.24. The zero-order chi connectivity index (χ0) is 43.9. The number of hydrogen-bond donors (Lipinski definition) is 0. The Hall–Kier alpha value is -8.26. The van der Waals surface area contributed by atoms with Crippen molar-refractivity contribution in [1.82, 2.24) is 18.7 Å². The lowest BCUT2D eigenvalue weighted by Crippen LogP contribution is -2.33. The highest BCUT2D eigenvalue weighted by Crippen LogP contribution is 2.40. The molecule has 5 aromatic heterocycles. The van der Waals surface area contributed by atoms with Crippen LogP contribution in [-0.4, -0.2) is 18.7 Å². The molecule has 66 heavy (non-hydrogen) atoms. The number of hydrogen-bond acceptors (Lipinski definition) is 3. The van der Waals surface area contributed by atoms with E-state index in [9.17, 15) is 0 Å². The number of imidazole rings is 1. The largest absolute Gasteiger partial charge is 0.458 e. The molecule has 0 unspecified atom stereocenters. The van der Waals surface area contributed by atoms with Gasteiger partial charge in [-0.15, -0.1) is 11.3 Å². The molecule has 13 aromatic rings. The van der Waals surface area contributed by atoms with Gasteiger partial charge in [-0.05, 0) is 95.0 Å². The van der Waals surface area contributed by atoms with Crippen molar-refractivity contribution in [2.75, 3.05) is 0 Å². The molecule has 0 bridgehead atoms. The third-order valence-electron chi connectivity index (χ3n) is 13.0. The van der Waals surface area contributed by atoms with E-state index in [2.05, 4.69) is 220 Å². The van der Waals surface area contributed by atoms with Gasteiger partial charge in [-0.1, -0.05) is 135 Å². The Balaban J connectivity index is 1.00. The number of nitrogens with zero attached hydrogens (tertiary/aromatic N) is 5. The first-order chi connectivity index (χ1) is 32.6. The van der Waals surface area contributed by atoms with Crippen LogP contribution in [-0.2, 0) is 0 Å². The average Bonchev–Trinajstić information content (AvgIpc) is 4.14. The predicted octanol–water partition coefficient (Wildman–Crippen LogP) is 15.1. The van der Waals surface area contributed by atoms with Crippen molar-refractivity contribution in [3.63, 3.8) is 0 Å². The average molecular weight is 868 g/mol. The van der Waals surface area contributed by atoms with Crippen LogP contribution in [0.1, 0.15) is 25.3 Å². The van der Waals surface area contributed by atoms with Crippen LogP contribution in [0.3, 0.4) is 0 Å². The second-order valence-corrected chi connectivity index (χ2v) is 18.0. The van der Waals surface area contributed by atoms with Gasteiger partial charge in [0.15, 0.2) is 0 Å². The normalized spacial score (nSPS) is 11.9. The van der Waals surface area contributed by atoms with Gasteiger partial charge in [0.2, 0.25) is 0 Å². The predicted molar refractivity (Wildman–Crippen MR) is 272 cm³/mol. The molecule has 0 saturated carbocycles. The van der Waals surface area contributed by atoms with Gasteiger partial charge < -0.3 is 13.9 Å². The lowest BCUT2D eigenvalue weighted by molar-refractivity contribution is -0.571. The summed E-state index contributed by atoms with van der Waals surface area (Å²) < 4.78 is 17.2. The maximum atomic E-state index is 6.70. The molecule has 5 heterocycles. The third kappa shape index (κ3) is 5.94. The zero-order valence-corrected chi connectivity index (χ0v) is 37.1. The Labute approximate surface area is 385 Å². The fourth-order valence-electron chi connectivity index (χ4n) is 10.1. The number of aromatic nitrogens is 5. The first-order valence-electron chi connectivity index (χ1n) is 22.4. The summed E-state index contributed by atoms with van der Waals surface area (Å²) >= 11 is 1.76. The molecule has 0 saturated heterocycles. The maximum Gasteiger partial charge on any atom is 0.269 e. The topological polar surface area (TPSA) is 40.8 Å². The number of thiophene rings is 1. The summed E-state index contributed by atoms with van der Waals surface area (Å²) in [6, 6.07) is 68.8. The molecule has 0 aliphatic carbocycles. The number of fused-ring (bicyclic) bond motifs is 8. The van der Waals surface area contributed by atoms with E-state index in [1.807, 2.05) is 24.4 Å². The lowest BCUT2D eigenvalue weighted by Gasteiger charge is -2.20. The number of benzene rings is 8. The molecule has 0 amide bonds. The van der Waals surface area contributed by atoms with Crippen LogP contribution in [0.15, 0.2) is 206 Å². The molecule has 0 N–H and O–H groups in total. The summed E-state index contributed by atoms with van der Waals surface area (Å²) in [6.07, 6.45) is 5.83. The Bertz CT molecular complexity index is 3800. The van der Waals surface area contributed by atoms with Crippen molar-refractivity contribution in [3.8, 4) is 45.5 Å². The van der Waals surface area contributed by atoms with E-state index in [-0.39, 0.29) is 0 Å². The van der Waals surface area contributed by atoms with Gasteiger partial charge in [-0.25, -0.2) is 0 Å². The molecule has 0 fully saturated rings. The summed E-state index contributed by atoms with van der Waals surface area (Å²) in [5.74, 6) is 1.91. The highest BCUT2D eigenvalue weighted by molar-refractivity contribution is 7.18. The molecule has 8 aromatic carbocycles. The van der Waals surface area contributed by atoms with Crippen molar-refractivity contribution in [2.45, 2.75) is 19.8 Å². The van der Waals surface area contributed by atoms with Crippen molar-refractivity contribution in [2.24, 2.45) is 0 Å². The van der Waals surface area contributed by atoms with Crippen molar-refractivity contribution in [3.05, 3.63) is 218 Å². The third-order valence-corrected chi connectivity index (χ3v) is 14.0. The van der Waals surface area contributed by atoms with Gasteiger partial charge in [0.05, 0.1) is 60.6 Å². The summed E-state index contributed by atoms with van der Waals surface area (Å²) in [6.45, 7) is 4.49. The van der Waals surface area contributed by atoms with Gasteiger partial charge >= 0.3 is 0 Å². The monoisotopic (exact) mass is 867 g/mol. The van der Waals surface area contributed by atoms with E-state index in [0.717, 1.165) is 78.6 Å². The second kappa shape index (κ2) is 15.2. The van der Waals surface area contributed by atoms with Gasteiger partial charge in [0.25, 0.3) is 6.33 Å². The highest BCUT2D eigenvalue weighted by atomic mass is 32.1. The van der Waals surface area contributed by atoms with Gasteiger partial charge in [-0.2, -0.15) is 0 Å². The minimum Gasteiger partial charge on any atom is -0.458 e. The van der Waals surface area contributed by atoms with Crippen LogP contribution in [0.4, 0.5) is 0 Å². The summed E-state index contributed by atoms with van der Waals surface area (Å²) in [5, 5.41) is 8.37. The Morgan fingerprint density at radius 2 is 1.06 bits per heavy atom. The zero-order valence-electron chi connectivity index (χ0n) is 36.3. The van der Waals surface area contributed by atoms with Gasteiger partial charge in [0, 0.05) is 33.3 Å². The van der Waals surface area contributed by atoms with Crippen LogP contribution >= 0.6 is 11.3 Å². The second-order valence-electron chi connectivity index (χ2n) is 17.2. The number of para-hydroxylation sites is 7. The quantitative estimate of drug-likeness (QED) is 0.113. The van der Waals surface area contributed by atoms with Crippen LogP contribution in [0.5, 0.6) is 11.5 Å². The molecule has 0 spiro atoms. The molecule has 314 valence electrons.